The first-order chi connectivity index (χ1) is 25.9. The van der Waals surface area contributed by atoms with Crippen molar-refractivity contribution in [3.05, 3.63) is 129 Å². The molecule has 0 saturated heterocycles. The predicted octanol–water partition coefficient (Wildman–Crippen LogP) is 11.0. The molecule has 272 valence electrons. The van der Waals surface area contributed by atoms with Crippen molar-refractivity contribution in [2.75, 3.05) is 10.6 Å². The van der Waals surface area contributed by atoms with Crippen molar-refractivity contribution >= 4 is 78.2 Å². The standard InChI is InChI=1S/C46H42N2O6/c1-7-25-11-9-13-27(23(3)4)41(25)47-43(49)33-19-15-29-31-17-21-35(45(51)52)40-36(46(53)54)22-18-32(38(31)40)30-16-20-34(39(33)37(29)30)44(50)48-42-26(8-2)12-10-14-28(42)24(5)6/h9-24H,7-8H2,1-6H3,(H,47,49)(H,48,50)(H,51,52)(H,53,54). The van der Waals surface area contributed by atoms with Gasteiger partial charge in [-0.15, -0.1) is 0 Å². The number of carbonyl (C=O) groups is 4. The number of nitrogens with one attached hydrogen (secondary N) is 2. The van der Waals surface area contributed by atoms with E-state index in [0.29, 0.717) is 61.7 Å². The summed E-state index contributed by atoms with van der Waals surface area (Å²) in [5.74, 6) is -2.94. The van der Waals surface area contributed by atoms with Gasteiger partial charge in [0.2, 0.25) is 0 Å². The number of anilines is 2. The van der Waals surface area contributed by atoms with Crippen LogP contribution in [0.1, 0.15) is 117 Å². The first-order valence-electron chi connectivity index (χ1n) is 18.4. The zero-order chi connectivity index (χ0) is 38.6. The number of carbonyl (C=O) groups excluding carboxylic acids is 2. The average molecular weight is 719 g/mol. The van der Waals surface area contributed by atoms with Gasteiger partial charge in [0, 0.05) is 33.3 Å². The summed E-state index contributed by atoms with van der Waals surface area (Å²) in [5.41, 5.74) is 5.88. The Balaban J connectivity index is 1.56. The Morgan fingerprint density at radius 3 is 1.13 bits per heavy atom. The minimum Gasteiger partial charge on any atom is -0.478 e. The molecule has 4 N–H and O–H groups in total. The fourth-order valence-corrected chi connectivity index (χ4v) is 8.08. The van der Waals surface area contributed by atoms with Crippen LogP contribution in [0.25, 0.3) is 43.1 Å². The highest BCUT2D eigenvalue weighted by Gasteiger charge is 2.27. The van der Waals surface area contributed by atoms with E-state index in [-0.39, 0.29) is 40.2 Å². The number of carboxylic acids is 2. The largest absolute Gasteiger partial charge is 0.478 e. The molecular formula is C46H42N2O6. The van der Waals surface area contributed by atoms with Gasteiger partial charge in [0.15, 0.2) is 0 Å². The number of hydrogen-bond acceptors (Lipinski definition) is 4. The van der Waals surface area contributed by atoms with Crippen molar-refractivity contribution in [3.8, 4) is 0 Å². The molecule has 0 radical (unpaired) electrons. The number of aryl methyl sites for hydroxylation is 2. The van der Waals surface area contributed by atoms with E-state index in [0.717, 1.165) is 33.6 Å². The average Bonchev–Trinajstić information content (AvgIpc) is 3.15. The summed E-state index contributed by atoms with van der Waals surface area (Å²) in [4.78, 5) is 54.2. The number of amides is 2. The van der Waals surface area contributed by atoms with E-state index in [2.05, 4.69) is 38.3 Å². The van der Waals surface area contributed by atoms with E-state index < -0.39 is 11.9 Å². The molecule has 2 amide bonds. The quantitative estimate of drug-likeness (QED) is 0.0822. The monoisotopic (exact) mass is 718 g/mol. The van der Waals surface area contributed by atoms with Crippen molar-refractivity contribution in [2.45, 2.75) is 66.2 Å². The number of para-hydroxylation sites is 2. The van der Waals surface area contributed by atoms with Gasteiger partial charge in [-0.2, -0.15) is 0 Å². The molecule has 7 aromatic carbocycles. The minimum absolute atomic E-state index is 0.120. The molecule has 0 aliphatic carbocycles. The second-order valence-corrected chi connectivity index (χ2v) is 14.4. The normalized spacial score (nSPS) is 11.7. The van der Waals surface area contributed by atoms with Crippen LogP contribution < -0.4 is 10.6 Å². The molecule has 7 aromatic rings. The molecule has 0 aromatic heterocycles. The molecule has 0 atom stereocenters. The first-order valence-corrected chi connectivity index (χ1v) is 18.4. The summed E-state index contributed by atoms with van der Waals surface area (Å²) in [6.07, 6.45) is 1.42. The Labute approximate surface area is 313 Å². The third kappa shape index (κ3) is 5.78. The van der Waals surface area contributed by atoms with Crippen LogP contribution in [0.5, 0.6) is 0 Å². The third-order valence-electron chi connectivity index (χ3n) is 10.7. The van der Waals surface area contributed by atoms with Gasteiger partial charge < -0.3 is 20.8 Å². The maximum absolute atomic E-state index is 14.7. The number of carboxylic acid groups (broad SMARTS) is 2. The smallest absolute Gasteiger partial charge is 0.336 e. The number of fused-ring (bicyclic) bond motifs is 2. The van der Waals surface area contributed by atoms with Crippen LogP contribution in [0.2, 0.25) is 0 Å². The summed E-state index contributed by atoms with van der Waals surface area (Å²) in [6.45, 7) is 12.4. The van der Waals surface area contributed by atoms with Gasteiger partial charge in [-0.25, -0.2) is 9.59 Å². The lowest BCUT2D eigenvalue weighted by molar-refractivity contribution is 0.0695. The molecule has 54 heavy (non-hydrogen) atoms. The SMILES string of the molecule is CCc1cccc(C(C)C)c1NC(=O)c1ccc2c3ccc(C(=O)O)c4c(C(=O)O)ccc(c5ccc(C(=O)Nc6c(CC)cccc6C(C)C)c1c25)c43. The Hall–Kier alpha value is -6.28. The van der Waals surface area contributed by atoms with Crippen LogP contribution in [0.15, 0.2) is 84.9 Å². The highest BCUT2D eigenvalue weighted by molar-refractivity contribution is 6.39. The summed E-state index contributed by atoms with van der Waals surface area (Å²) in [5, 5.41) is 31.0. The highest BCUT2D eigenvalue weighted by Crippen LogP contribution is 2.44. The molecule has 0 aliphatic heterocycles. The Kier molecular flexibility index (Phi) is 9.31. The van der Waals surface area contributed by atoms with E-state index in [9.17, 15) is 29.4 Å². The van der Waals surface area contributed by atoms with E-state index in [1.54, 1.807) is 24.3 Å². The zero-order valence-corrected chi connectivity index (χ0v) is 31.2. The van der Waals surface area contributed by atoms with Crippen LogP contribution in [0.4, 0.5) is 11.4 Å². The first kappa shape index (κ1) is 36.1. The van der Waals surface area contributed by atoms with E-state index in [1.807, 2.05) is 62.4 Å². The van der Waals surface area contributed by atoms with Crippen molar-refractivity contribution in [1.82, 2.24) is 0 Å². The fourth-order valence-electron chi connectivity index (χ4n) is 8.08. The molecule has 8 heteroatoms. The predicted molar refractivity (Wildman–Crippen MR) is 217 cm³/mol. The maximum atomic E-state index is 14.7. The summed E-state index contributed by atoms with van der Waals surface area (Å²) in [7, 11) is 0. The lowest BCUT2D eigenvalue weighted by atomic mass is 9.84. The van der Waals surface area contributed by atoms with Crippen molar-refractivity contribution in [3.63, 3.8) is 0 Å². The van der Waals surface area contributed by atoms with Crippen LogP contribution in [-0.4, -0.2) is 34.0 Å². The number of rotatable bonds is 10. The highest BCUT2D eigenvalue weighted by atomic mass is 16.4. The summed E-state index contributed by atoms with van der Waals surface area (Å²) in [6, 6.07) is 25.3. The van der Waals surface area contributed by atoms with Crippen LogP contribution in [0.3, 0.4) is 0 Å². The molecule has 0 unspecified atom stereocenters. The maximum Gasteiger partial charge on any atom is 0.336 e. The van der Waals surface area contributed by atoms with Crippen LogP contribution >= 0.6 is 0 Å². The van der Waals surface area contributed by atoms with Crippen molar-refractivity contribution in [2.24, 2.45) is 0 Å². The van der Waals surface area contributed by atoms with Gasteiger partial charge in [-0.3, -0.25) is 9.59 Å². The molecule has 0 aliphatic rings. The topological polar surface area (TPSA) is 133 Å². The third-order valence-corrected chi connectivity index (χ3v) is 10.7. The van der Waals surface area contributed by atoms with E-state index in [4.69, 9.17) is 0 Å². The Morgan fingerprint density at radius 2 is 0.815 bits per heavy atom. The molecule has 0 bridgehead atoms. The second-order valence-electron chi connectivity index (χ2n) is 14.4. The Morgan fingerprint density at radius 1 is 0.481 bits per heavy atom. The second kappa shape index (κ2) is 13.9. The van der Waals surface area contributed by atoms with Gasteiger partial charge in [0.05, 0.1) is 11.1 Å². The van der Waals surface area contributed by atoms with E-state index in [1.165, 1.54) is 12.1 Å². The summed E-state index contributed by atoms with van der Waals surface area (Å²) >= 11 is 0. The number of aromatic carboxylic acids is 2. The lowest BCUT2D eigenvalue weighted by Gasteiger charge is -2.22. The molecule has 0 spiro atoms. The molecule has 0 heterocycles. The zero-order valence-electron chi connectivity index (χ0n) is 31.2. The minimum atomic E-state index is -1.24. The number of benzene rings is 7. The van der Waals surface area contributed by atoms with Gasteiger partial charge in [-0.05, 0) is 104 Å². The van der Waals surface area contributed by atoms with Gasteiger partial charge >= 0.3 is 11.9 Å². The molecule has 7 rings (SSSR count). The van der Waals surface area contributed by atoms with Crippen LogP contribution in [-0.2, 0) is 12.8 Å². The number of hydrogen-bond donors (Lipinski definition) is 4. The Bertz CT molecular complexity index is 2510. The summed E-state index contributed by atoms with van der Waals surface area (Å²) < 4.78 is 0. The van der Waals surface area contributed by atoms with E-state index >= 15 is 0 Å². The molecular weight excluding hydrogens is 677 g/mol. The molecule has 8 nitrogen and oxygen atoms in total. The molecule has 0 fully saturated rings. The fraction of sp³-hybridized carbons (Fsp3) is 0.217. The van der Waals surface area contributed by atoms with Gasteiger partial charge in [0.25, 0.3) is 11.8 Å². The van der Waals surface area contributed by atoms with Crippen molar-refractivity contribution < 1.29 is 29.4 Å². The molecule has 0 saturated carbocycles. The van der Waals surface area contributed by atoms with Crippen LogP contribution in [0, 0.1) is 0 Å². The lowest BCUT2D eigenvalue weighted by Crippen LogP contribution is -2.19. The van der Waals surface area contributed by atoms with Gasteiger partial charge in [0.1, 0.15) is 0 Å². The van der Waals surface area contributed by atoms with Gasteiger partial charge in [-0.1, -0.05) is 102 Å². The van der Waals surface area contributed by atoms with Crippen molar-refractivity contribution in [1.29, 1.82) is 0 Å².